The molecule has 0 fully saturated rings. The quantitative estimate of drug-likeness (QED) is 0.844. The van der Waals surface area contributed by atoms with E-state index in [-0.39, 0.29) is 24.0 Å². The average molecular weight is 353 g/mol. The number of hydrogen-bond acceptors (Lipinski definition) is 4. The first-order valence-electron chi connectivity index (χ1n) is 7.94. The SMILES string of the molecule is CC(C)OC(=O)c1cc2n(n1)[C@H](C(F)(F)F)C[C@H](c1ccccc1)N2. The van der Waals surface area contributed by atoms with E-state index in [1.54, 1.807) is 44.2 Å². The maximum Gasteiger partial charge on any atom is 0.410 e. The van der Waals surface area contributed by atoms with Gasteiger partial charge in [0.05, 0.1) is 12.1 Å². The van der Waals surface area contributed by atoms with Crippen LogP contribution in [0.4, 0.5) is 19.0 Å². The molecule has 0 bridgehead atoms. The predicted molar refractivity (Wildman–Crippen MR) is 85.3 cm³/mol. The Morgan fingerprint density at radius 2 is 2.00 bits per heavy atom. The van der Waals surface area contributed by atoms with Gasteiger partial charge in [-0.05, 0) is 19.4 Å². The molecule has 0 aliphatic carbocycles. The number of alkyl halides is 3. The van der Waals surface area contributed by atoms with E-state index in [9.17, 15) is 18.0 Å². The highest BCUT2D eigenvalue weighted by molar-refractivity contribution is 5.88. The standard InChI is InChI=1S/C17H18F3N3O2/c1-10(2)25-16(24)13-9-15-21-12(11-6-4-3-5-7-11)8-14(17(18,19)20)23(15)22-13/h3-7,9-10,12,14,21H,8H2,1-2H3/t12-,14+/m1/s1. The lowest BCUT2D eigenvalue weighted by atomic mass is 9.97. The summed E-state index contributed by atoms with van der Waals surface area (Å²) in [7, 11) is 0. The van der Waals surface area contributed by atoms with E-state index >= 15 is 0 Å². The molecule has 0 spiro atoms. The van der Waals surface area contributed by atoms with Crippen molar-refractivity contribution in [1.29, 1.82) is 0 Å². The zero-order valence-electron chi connectivity index (χ0n) is 13.7. The number of aromatic nitrogens is 2. The molecule has 1 aromatic carbocycles. The molecule has 1 aromatic heterocycles. The Morgan fingerprint density at radius 1 is 1.32 bits per heavy atom. The Morgan fingerprint density at radius 3 is 2.60 bits per heavy atom. The van der Waals surface area contributed by atoms with E-state index in [1.807, 2.05) is 0 Å². The summed E-state index contributed by atoms with van der Waals surface area (Å²) in [6.07, 6.45) is -5.06. The molecule has 1 aliphatic rings. The number of nitrogens with zero attached hydrogens (tertiary/aromatic N) is 2. The van der Waals surface area contributed by atoms with Crippen LogP contribution in [0.3, 0.4) is 0 Å². The third kappa shape index (κ3) is 3.62. The number of halogens is 3. The van der Waals surface area contributed by atoms with Gasteiger partial charge in [-0.1, -0.05) is 30.3 Å². The largest absolute Gasteiger partial charge is 0.458 e. The Hall–Kier alpha value is -2.51. The fraction of sp³-hybridized carbons (Fsp3) is 0.412. The van der Waals surface area contributed by atoms with Crippen LogP contribution in [0.2, 0.25) is 0 Å². The maximum absolute atomic E-state index is 13.5. The number of fused-ring (bicyclic) bond motifs is 1. The Labute approximate surface area is 142 Å². The third-order valence-electron chi connectivity index (χ3n) is 3.94. The molecule has 0 saturated carbocycles. The minimum atomic E-state index is -4.48. The molecule has 0 radical (unpaired) electrons. The number of rotatable bonds is 3. The third-order valence-corrected chi connectivity index (χ3v) is 3.94. The Bertz CT molecular complexity index is 756. The number of hydrogen-bond donors (Lipinski definition) is 1. The van der Waals surface area contributed by atoms with Crippen molar-refractivity contribution in [2.45, 2.75) is 44.6 Å². The molecule has 8 heteroatoms. The molecule has 2 atom stereocenters. The number of benzene rings is 1. The first kappa shape index (κ1) is 17.3. The summed E-state index contributed by atoms with van der Waals surface area (Å²) in [6.45, 7) is 3.33. The van der Waals surface area contributed by atoms with Crippen LogP contribution < -0.4 is 5.32 Å². The van der Waals surface area contributed by atoms with Crippen molar-refractivity contribution in [3.63, 3.8) is 0 Å². The van der Waals surface area contributed by atoms with Gasteiger partial charge in [-0.15, -0.1) is 0 Å². The summed E-state index contributed by atoms with van der Waals surface area (Å²) in [5, 5.41) is 6.88. The van der Waals surface area contributed by atoms with E-state index in [4.69, 9.17) is 4.74 Å². The van der Waals surface area contributed by atoms with Crippen LogP contribution >= 0.6 is 0 Å². The van der Waals surface area contributed by atoms with Gasteiger partial charge >= 0.3 is 12.1 Å². The second-order valence-electron chi connectivity index (χ2n) is 6.21. The van der Waals surface area contributed by atoms with Crippen molar-refractivity contribution in [2.75, 3.05) is 5.32 Å². The van der Waals surface area contributed by atoms with Crippen LogP contribution in [0.5, 0.6) is 0 Å². The molecule has 1 aliphatic heterocycles. The summed E-state index contributed by atoms with van der Waals surface area (Å²) in [5.41, 5.74) is 0.606. The predicted octanol–water partition coefficient (Wildman–Crippen LogP) is 4.11. The average Bonchev–Trinajstić information content (AvgIpc) is 2.97. The Balaban J connectivity index is 1.96. The van der Waals surface area contributed by atoms with Crippen LogP contribution in [0.25, 0.3) is 0 Å². The van der Waals surface area contributed by atoms with Gasteiger partial charge in [-0.25, -0.2) is 9.48 Å². The van der Waals surface area contributed by atoms with Gasteiger partial charge in [0.25, 0.3) is 0 Å². The zero-order valence-corrected chi connectivity index (χ0v) is 13.7. The minimum Gasteiger partial charge on any atom is -0.458 e. The van der Waals surface area contributed by atoms with Crippen molar-refractivity contribution in [3.8, 4) is 0 Å². The molecule has 134 valence electrons. The normalized spacial score (nSPS) is 20.1. The van der Waals surface area contributed by atoms with Crippen LogP contribution in [-0.4, -0.2) is 28.0 Å². The second kappa shape index (κ2) is 6.42. The number of carbonyl (C=O) groups is 1. The molecule has 25 heavy (non-hydrogen) atoms. The van der Waals surface area contributed by atoms with Crippen molar-refractivity contribution >= 4 is 11.8 Å². The highest BCUT2D eigenvalue weighted by atomic mass is 19.4. The van der Waals surface area contributed by atoms with Gasteiger partial charge < -0.3 is 10.1 Å². The van der Waals surface area contributed by atoms with Crippen molar-refractivity contribution in [3.05, 3.63) is 47.7 Å². The Kier molecular flexibility index (Phi) is 4.45. The first-order valence-corrected chi connectivity index (χ1v) is 7.94. The molecule has 0 saturated heterocycles. The van der Waals surface area contributed by atoms with E-state index in [2.05, 4.69) is 10.4 Å². The summed E-state index contributed by atoms with van der Waals surface area (Å²) < 4.78 is 46.4. The lowest BCUT2D eigenvalue weighted by Crippen LogP contribution is -2.35. The lowest BCUT2D eigenvalue weighted by Gasteiger charge is -2.33. The molecular formula is C17H18F3N3O2. The molecule has 5 nitrogen and oxygen atoms in total. The van der Waals surface area contributed by atoms with E-state index in [0.29, 0.717) is 0 Å². The summed E-state index contributed by atoms with van der Waals surface area (Å²) in [6, 6.07) is 7.86. The molecule has 0 amide bonds. The molecule has 2 heterocycles. The number of carbonyl (C=O) groups excluding carboxylic acids is 1. The number of ether oxygens (including phenoxy) is 1. The summed E-state index contributed by atoms with van der Waals surface area (Å²) >= 11 is 0. The summed E-state index contributed by atoms with van der Waals surface area (Å²) in [4.78, 5) is 12.0. The minimum absolute atomic E-state index is 0.140. The number of esters is 1. The van der Waals surface area contributed by atoms with Crippen molar-refractivity contribution in [1.82, 2.24) is 9.78 Å². The highest BCUT2D eigenvalue weighted by Gasteiger charge is 2.46. The number of nitrogens with one attached hydrogen (secondary N) is 1. The highest BCUT2D eigenvalue weighted by Crippen LogP contribution is 2.43. The van der Waals surface area contributed by atoms with Gasteiger partial charge in [0.2, 0.25) is 0 Å². The van der Waals surface area contributed by atoms with Gasteiger partial charge in [-0.2, -0.15) is 18.3 Å². The molecule has 0 unspecified atom stereocenters. The van der Waals surface area contributed by atoms with Crippen LogP contribution in [0.15, 0.2) is 36.4 Å². The molecule has 2 aromatic rings. The topological polar surface area (TPSA) is 56.2 Å². The van der Waals surface area contributed by atoms with E-state index < -0.39 is 24.2 Å². The zero-order chi connectivity index (χ0) is 18.2. The fourth-order valence-corrected chi connectivity index (χ4v) is 2.85. The van der Waals surface area contributed by atoms with Gasteiger partial charge in [0, 0.05) is 12.5 Å². The van der Waals surface area contributed by atoms with Crippen molar-refractivity contribution in [2.24, 2.45) is 0 Å². The van der Waals surface area contributed by atoms with Gasteiger partial charge in [-0.3, -0.25) is 0 Å². The number of anilines is 1. The molecule has 3 rings (SSSR count). The monoisotopic (exact) mass is 353 g/mol. The van der Waals surface area contributed by atoms with Crippen LogP contribution in [-0.2, 0) is 4.74 Å². The first-order chi connectivity index (χ1) is 11.8. The smallest absolute Gasteiger partial charge is 0.410 e. The lowest BCUT2D eigenvalue weighted by molar-refractivity contribution is -0.173. The van der Waals surface area contributed by atoms with E-state index in [1.165, 1.54) is 6.07 Å². The van der Waals surface area contributed by atoms with Gasteiger partial charge in [0.15, 0.2) is 11.7 Å². The molecule has 1 N–H and O–H groups in total. The summed E-state index contributed by atoms with van der Waals surface area (Å²) in [5.74, 6) is -0.589. The molecular weight excluding hydrogens is 335 g/mol. The van der Waals surface area contributed by atoms with Crippen LogP contribution in [0.1, 0.15) is 48.4 Å². The second-order valence-corrected chi connectivity index (χ2v) is 6.21. The maximum atomic E-state index is 13.5. The fourth-order valence-electron chi connectivity index (χ4n) is 2.85. The van der Waals surface area contributed by atoms with Crippen LogP contribution in [0, 0.1) is 0 Å². The van der Waals surface area contributed by atoms with Gasteiger partial charge in [0.1, 0.15) is 5.82 Å². The van der Waals surface area contributed by atoms with E-state index in [0.717, 1.165) is 10.2 Å². The van der Waals surface area contributed by atoms with Crippen molar-refractivity contribution < 1.29 is 22.7 Å².